The highest BCUT2D eigenvalue weighted by atomic mass is 35.5. The molecule has 0 bridgehead atoms. The Morgan fingerprint density at radius 3 is 2.46 bits per heavy atom. The van der Waals surface area contributed by atoms with E-state index in [2.05, 4.69) is 10.3 Å². The number of hydrogen-bond donors (Lipinski definition) is 1. The summed E-state index contributed by atoms with van der Waals surface area (Å²) in [7, 11) is 1.53. The quantitative estimate of drug-likeness (QED) is 0.654. The van der Waals surface area contributed by atoms with Crippen LogP contribution in [0.3, 0.4) is 0 Å². The van der Waals surface area contributed by atoms with Crippen LogP contribution in [-0.2, 0) is 15.7 Å². The fraction of sp³-hybridized carbons (Fsp3) is 0.333. The number of rotatable bonds is 8. The highest BCUT2D eigenvalue weighted by molar-refractivity contribution is 6.31. The first kappa shape index (κ1) is 21.8. The Kier molecular flexibility index (Phi) is 7.47. The molecule has 2 aromatic rings. The van der Waals surface area contributed by atoms with Crippen LogP contribution in [0.15, 0.2) is 36.5 Å². The van der Waals surface area contributed by atoms with E-state index in [-0.39, 0.29) is 16.8 Å². The topological polar surface area (TPSA) is 69.7 Å². The fourth-order valence-corrected chi connectivity index (χ4v) is 2.24. The summed E-state index contributed by atoms with van der Waals surface area (Å²) in [6.07, 6.45) is -4.63. The molecule has 1 aromatic heterocycles. The van der Waals surface area contributed by atoms with Gasteiger partial charge >= 0.3 is 6.18 Å². The molecule has 152 valence electrons. The van der Waals surface area contributed by atoms with Crippen LogP contribution in [0.1, 0.15) is 12.5 Å². The number of aromatic nitrogens is 1. The van der Waals surface area contributed by atoms with Crippen molar-refractivity contribution < 1.29 is 32.2 Å². The van der Waals surface area contributed by atoms with Gasteiger partial charge in [-0.25, -0.2) is 4.98 Å². The molecule has 1 amide bonds. The first-order chi connectivity index (χ1) is 13.2. The number of amides is 1. The molecule has 1 heterocycles. The van der Waals surface area contributed by atoms with Gasteiger partial charge in [-0.15, -0.1) is 0 Å². The normalized spacial score (nSPS) is 12.4. The van der Waals surface area contributed by atoms with E-state index in [0.29, 0.717) is 30.8 Å². The summed E-state index contributed by atoms with van der Waals surface area (Å²) in [5.74, 6) is 0.249. The van der Waals surface area contributed by atoms with E-state index in [9.17, 15) is 18.0 Å². The van der Waals surface area contributed by atoms with E-state index in [4.69, 9.17) is 25.8 Å². The highest BCUT2D eigenvalue weighted by Gasteiger charge is 2.31. The van der Waals surface area contributed by atoms with Crippen LogP contribution < -0.4 is 14.8 Å². The Balaban J connectivity index is 1.96. The van der Waals surface area contributed by atoms with Gasteiger partial charge in [0.05, 0.1) is 12.2 Å². The fourth-order valence-electron chi connectivity index (χ4n) is 2.03. The molecule has 0 radical (unpaired) electrons. The van der Waals surface area contributed by atoms with Gasteiger partial charge in [0.1, 0.15) is 16.5 Å². The number of nitrogens with one attached hydrogen (secondary N) is 1. The van der Waals surface area contributed by atoms with Gasteiger partial charge in [-0.1, -0.05) is 11.6 Å². The van der Waals surface area contributed by atoms with Crippen molar-refractivity contribution in [1.29, 1.82) is 0 Å². The molecule has 0 fully saturated rings. The largest absolute Gasteiger partial charge is 0.481 e. The Hall–Kier alpha value is -2.52. The predicted molar refractivity (Wildman–Crippen MR) is 95.7 cm³/mol. The van der Waals surface area contributed by atoms with Crippen molar-refractivity contribution in [3.63, 3.8) is 0 Å². The minimum absolute atomic E-state index is 0.158. The Morgan fingerprint density at radius 1 is 1.25 bits per heavy atom. The van der Waals surface area contributed by atoms with Gasteiger partial charge in [-0.3, -0.25) is 4.79 Å². The number of halogens is 4. The van der Waals surface area contributed by atoms with Gasteiger partial charge in [0.15, 0.2) is 6.10 Å². The molecular formula is C18H18ClF3N2O4. The number of nitrogens with zero attached hydrogens (tertiary/aromatic N) is 1. The molecule has 10 heteroatoms. The highest BCUT2D eigenvalue weighted by Crippen LogP contribution is 2.34. The summed E-state index contributed by atoms with van der Waals surface area (Å²) in [5.41, 5.74) is -0.966. The van der Waals surface area contributed by atoms with Crippen molar-refractivity contribution in [2.75, 3.05) is 20.3 Å². The molecule has 0 saturated carbocycles. The molecule has 2 rings (SSSR count). The molecule has 1 unspecified atom stereocenters. The molecule has 0 saturated heterocycles. The first-order valence-electron chi connectivity index (χ1n) is 8.14. The van der Waals surface area contributed by atoms with E-state index in [1.165, 1.54) is 19.2 Å². The van der Waals surface area contributed by atoms with Crippen LogP contribution >= 0.6 is 11.6 Å². The van der Waals surface area contributed by atoms with Crippen LogP contribution in [0.4, 0.5) is 13.2 Å². The average Bonchev–Trinajstić information content (AvgIpc) is 2.64. The second-order valence-corrected chi connectivity index (χ2v) is 6.03. The second kappa shape index (κ2) is 9.61. The molecule has 28 heavy (non-hydrogen) atoms. The monoisotopic (exact) mass is 418 g/mol. The van der Waals surface area contributed by atoms with Crippen LogP contribution in [-0.4, -0.2) is 37.3 Å². The third-order valence-corrected chi connectivity index (χ3v) is 3.73. The lowest BCUT2D eigenvalue weighted by Crippen LogP contribution is -2.37. The number of carbonyl (C=O) groups excluding carboxylic acids is 1. The van der Waals surface area contributed by atoms with Crippen molar-refractivity contribution in [1.82, 2.24) is 10.3 Å². The first-order valence-corrected chi connectivity index (χ1v) is 8.52. The van der Waals surface area contributed by atoms with Crippen LogP contribution in [0.25, 0.3) is 0 Å². The lowest BCUT2D eigenvalue weighted by atomic mass is 10.3. The van der Waals surface area contributed by atoms with E-state index < -0.39 is 17.8 Å². The zero-order valence-electron chi connectivity index (χ0n) is 15.0. The predicted octanol–water partition coefficient (Wildman–Crippen LogP) is 4.08. The van der Waals surface area contributed by atoms with E-state index in [1.54, 1.807) is 19.1 Å². The summed E-state index contributed by atoms with van der Waals surface area (Å²) in [6.45, 7) is 2.36. The van der Waals surface area contributed by atoms with Crippen molar-refractivity contribution >= 4 is 17.5 Å². The number of benzene rings is 1. The summed E-state index contributed by atoms with van der Waals surface area (Å²) >= 11 is 5.81. The maximum atomic E-state index is 12.6. The zero-order chi connectivity index (χ0) is 20.7. The summed E-state index contributed by atoms with van der Waals surface area (Å²) in [4.78, 5) is 15.4. The third-order valence-electron chi connectivity index (χ3n) is 3.46. The van der Waals surface area contributed by atoms with Crippen LogP contribution in [0.5, 0.6) is 17.4 Å². The Labute approximate surface area is 164 Å². The lowest BCUT2D eigenvalue weighted by molar-refractivity contribution is -0.137. The zero-order valence-corrected chi connectivity index (χ0v) is 15.8. The number of methoxy groups -OCH3 is 1. The minimum atomic E-state index is -4.54. The summed E-state index contributed by atoms with van der Waals surface area (Å²) in [6, 6.07) is 6.87. The van der Waals surface area contributed by atoms with Gasteiger partial charge in [0.25, 0.3) is 5.91 Å². The molecular weight excluding hydrogens is 401 g/mol. The van der Waals surface area contributed by atoms with Crippen molar-refractivity contribution in [3.8, 4) is 17.4 Å². The number of alkyl halides is 3. The van der Waals surface area contributed by atoms with Crippen molar-refractivity contribution in [3.05, 3.63) is 47.1 Å². The second-order valence-electron chi connectivity index (χ2n) is 5.63. The number of carbonyl (C=O) groups is 1. The van der Waals surface area contributed by atoms with E-state index >= 15 is 0 Å². The van der Waals surface area contributed by atoms with Gasteiger partial charge < -0.3 is 19.5 Å². The molecule has 0 aliphatic carbocycles. The van der Waals surface area contributed by atoms with E-state index in [0.717, 1.165) is 6.07 Å². The maximum absolute atomic E-state index is 12.6. The maximum Gasteiger partial charge on any atom is 0.417 e. The Morgan fingerprint density at radius 2 is 1.89 bits per heavy atom. The molecule has 1 atom stereocenters. The molecule has 1 aromatic carbocycles. The third kappa shape index (κ3) is 6.28. The smallest absolute Gasteiger partial charge is 0.417 e. The lowest BCUT2D eigenvalue weighted by Gasteiger charge is -2.15. The van der Waals surface area contributed by atoms with Gasteiger partial charge in [0.2, 0.25) is 5.88 Å². The van der Waals surface area contributed by atoms with Gasteiger partial charge in [-0.05, 0) is 37.3 Å². The van der Waals surface area contributed by atoms with Crippen molar-refractivity contribution in [2.24, 2.45) is 0 Å². The number of ether oxygens (including phenoxy) is 3. The number of pyridine rings is 1. The van der Waals surface area contributed by atoms with Gasteiger partial charge in [0, 0.05) is 19.9 Å². The summed E-state index contributed by atoms with van der Waals surface area (Å²) < 4.78 is 53.6. The number of hydrogen-bond acceptors (Lipinski definition) is 5. The van der Waals surface area contributed by atoms with Crippen LogP contribution in [0.2, 0.25) is 5.02 Å². The molecule has 0 spiro atoms. The van der Waals surface area contributed by atoms with Crippen LogP contribution in [0, 0.1) is 0 Å². The molecule has 0 aliphatic rings. The minimum Gasteiger partial charge on any atom is -0.481 e. The SMILES string of the molecule is COCCNC(=O)C(C)Oc1ccc(Oc2ncc(C(F)(F)F)cc2Cl)cc1. The van der Waals surface area contributed by atoms with E-state index in [1.807, 2.05) is 0 Å². The molecule has 1 N–H and O–H groups in total. The Bertz CT molecular complexity index is 800. The summed E-state index contributed by atoms with van der Waals surface area (Å²) in [5, 5.41) is 2.39. The molecule has 6 nitrogen and oxygen atoms in total. The standard InChI is InChI=1S/C18H18ClF3N2O4/c1-11(16(25)23-7-8-26-2)27-13-3-5-14(6-4-13)28-17-15(19)9-12(10-24-17)18(20,21)22/h3-6,9-11H,7-8H2,1-2H3,(H,23,25). The van der Waals surface area contributed by atoms with Crippen molar-refractivity contribution in [2.45, 2.75) is 19.2 Å². The average molecular weight is 419 g/mol. The molecule has 0 aliphatic heterocycles. The van der Waals surface area contributed by atoms with Gasteiger partial charge in [-0.2, -0.15) is 13.2 Å².